The summed E-state index contributed by atoms with van der Waals surface area (Å²) < 4.78 is 23.5. The number of aryl methyl sites for hydroxylation is 2. The molecule has 0 fully saturated rings. The second-order valence-corrected chi connectivity index (χ2v) is 5.97. The zero-order valence-corrected chi connectivity index (χ0v) is 10.1. The van der Waals surface area contributed by atoms with Gasteiger partial charge in [-0.3, -0.25) is 4.68 Å². The van der Waals surface area contributed by atoms with E-state index in [1.54, 1.807) is 4.68 Å². The van der Waals surface area contributed by atoms with Gasteiger partial charge < -0.3 is 5.32 Å². The molecule has 5 nitrogen and oxygen atoms in total. The summed E-state index contributed by atoms with van der Waals surface area (Å²) in [5.74, 6) is 0.170. The Bertz CT molecular complexity index is 423. The van der Waals surface area contributed by atoms with E-state index in [0.29, 0.717) is 13.1 Å². The van der Waals surface area contributed by atoms with E-state index in [9.17, 15) is 8.42 Å². The predicted octanol–water partition coefficient (Wildman–Crippen LogP) is -0.137. The molecular formula is C9H17N3O2S. The van der Waals surface area contributed by atoms with E-state index in [1.807, 2.05) is 20.0 Å². The molecule has 1 heterocycles. The monoisotopic (exact) mass is 231 g/mol. The highest BCUT2D eigenvalue weighted by Crippen LogP contribution is 2.00. The fourth-order valence-corrected chi connectivity index (χ4v) is 1.82. The van der Waals surface area contributed by atoms with E-state index in [0.717, 1.165) is 11.4 Å². The second-order valence-electron chi connectivity index (χ2n) is 3.71. The number of nitrogens with zero attached hydrogens (tertiary/aromatic N) is 2. The van der Waals surface area contributed by atoms with Crippen LogP contribution >= 0.6 is 0 Å². The molecule has 1 aromatic rings. The SMILES string of the molecule is Cc1cc(CNCCS(C)(=O)=O)n(C)n1. The second kappa shape index (κ2) is 4.76. The molecule has 6 heteroatoms. The molecule has 0 saturated carbocycles. The molecule has 1 rings (SSSR count). The zero-order valence-electron chi connectivity index (χ0n) is 9.32. The molecule has 0 amide bonds. The molecule has 1 N–H and O–H groups in total. The van der Waals surface area contributed by atoms with E-state index in [1.165, 1.54) is 6.26 Å². The fourth-order valence-electron chi connectivity index (χ4n) is 1.30. The van der Waals surface area contributed by atoms with Crippen molar-refractivity contribution in [2.24, 2.45) is 7.05 Å². The molecule has 0 bridgehead atoms. The van der Waals surface area contributed by atoms with Gasteiger partial charge in [-0.05, 0) is 13.0 Å². The lowest BCUT2D eigenvalue weighted by Gasteiger charge is -2.03. The van der Waals surface area contributed by atoms with Gasteiger partial charge in [0.1, 0.15) is 9.84 Å². The first-order valence-electron chi connectivity index (χ1n) is 4.76. The van der Waals surface area contributed by atoms with E-state index in [-0.39, 0.29) is 5.75 Å². The number of sulfone groups is 1. The Morgan fingerprint density at radius 1 is 1.53 bits per heavy atom. The van der Waals surface area contributed by atoms with Crippen molar-refractivity contribution in [3.63, 3.8) is 0 Å². The third-order valence-corrected chi connectivity index (χ3v) is 3.00. The Balaban J connectivity index is 2.35. The third kappa shape index (κ3) is 4.44. The van der Waals surface area contributed by atoms with Crippen LogP contribution in [0.2, 0.25) is 0 Å². The minimum atomic E-state index is -2.87. The van der Waals surface area contributed by atoms with Gasteiger partial charge in [-0.1, -0.05) is 0 Å². The third-order valence-electron chi connectivity index (χ3n) is 2.05. The first kappa shape index (κ1) is 12.2. The summed E-state index contributed by atoms with van der Waals surface area (Å²) in [6.07, 6.45) is 1.24. The molecule has 0 saturated heterocycles. The molecule has 0 aliphatic heterocycles. The minimum absolute atomic E-state index is 0.170. The maximum atomic E-state index is 10.9. The summed E-state index contributed by atoms with van der Waals surface area (Å²) in [7, 11) is -0.993. The van der Waals surface area contributed by atoms with Gasteiger partial charge in [-0.2, -0.15) is 5.10 Å². The van der Waals surface area contributed by atoms with Gasteiger partial charge in [0.2, 0.25) is 0 Å². The van der Waals surface area contributed by atoms with Crippen LogP contribution in [-0.4, -0.2) is 36.8 Å². The number of nitrogens with one attached hydrogen (secondary N) is 1. The van der Waals surface area contributed by atoms with Crippen molar-refractivity contribution in [3.05, 3.63) is 17.5 Å². The van der Waals surface area contributed by atoms with Crippen molar-refractivity contribution >= 4 is 9.84 Å². The van der Waals surface area contributed by atoms with Crippen LogP contribution in [0.1, 0.15) is 11.4 Å². The summed E-state index contributed by atoms with van der Waals surface area (Å²) in [5, 5.41) is 7.27. The summed E-state index contributed by atoms with van der Waals surface area (Å²) in [4.78, 5) is 0. The van der Waals surface area contributed by atoms with Crippen LogP contribution in [0.25, 0.3) is 0 Å². The smallest absolute Gasteiger partial charge is 0.148 e. The highest BCUT2D eigenvalue weighted by molar-refractivity contribution is 7.90. The molecule has 15 heavy (non-hydrogen) atoms. The Morgan fingerprint density at radius 2 is 2.20 bits per heavy atom. The standard InChI is InChI=1S/C9H17N3O2S/c1-8-6-9(12(2)11-8)7-10-4-5-15(3,13)14/h6,10H,4-5,7H2,1-3H3. The van der Waals surface area contributed by atoms with Gasteiger partial charge >= 0.3 is 0 Å². The lowest BCUT2D eigenvalue weighted by atomic mass is 10.3. The molecule has 0 unspecified atom stereocenters. The zero-order chi connectivity index (χ0) is 11.5. The van der Waals surface area contributed by atoms with Crippen molar-refractivity contribution in [2.45, 2.75) is 13.5 Å². The van der Waals surface area contributed by atoms with E-state index in [2.05, 4.69) is 10.4 Å². The van der Waals surface area contributed by atoms with Crippen LogP contribution in [0.15, 0.2) is 6.07 Å². The fraction of sp³-hybridized carbons (Fsp3) is 0.667. The predicted molar refractivity (Wildman–Crippen MR) is 59.4 cm³/mol. The van der Waals surface area contributed by atoms with Crippen LogP contribution in [0.5, 0.6) is 0 Å². The van der Waals surface area contributed by atoms with Crippen molar-refractivity contribution in [2.75, 3.05) is 18.6 Å². The highest BCUT2D eigenvalue weighted by atomic mass is 32.2. The quantitative estimate of drug-likeness (QED) is 0.717. The maximum absolute atomic E-state index is 10.9. The summed E-state index contributed by atoms with van der Waals surface area (Å²) >= 11 is 0. The van der Waals surface area contributed by atoms with Crippen molar-refractivity contribution in [1.82, 2.24) is 15.1 Å². The highest BCUT2D eigenvalue weighted by Gasteiger charge is 2.03. The Labute approximate surface area is 90.4 Å². The Hall–Kier alpha value is -0.880. The lowest BCUT2D eigenvalue weighted by molar-refractivity contribution is 0.592. The number of rotatable bonds is 5. The van der Waals surface area contributed by atoms with Crippen LogP contribution < -0.4 is 5.32 Å². The van der Waals surface area contributed by atoms with E-state index in [4.69, 9.17) is 0 Å². The minimum Gasteiger partial charge on any atom is -0.310 e. The average Bonchev–Trinajstić information content (AvgIpc) is 2.37. The Kier molecular flexibility index (Phi) is 3.87. The Morgan fingerprint density at radius 3 is 2.67 bits per heavy atom. The molecule has 0 radical (unpaired) electrons. The lowest BCUT2D eigenvalue weighted by Crippen LogP contribution is -2.23. The van der Waals surface area contributed by atoms with Crippen LogP contribution in [0.3, 0.4) is 0 Å². The molecule has 0 spiro atoms. The topological polar surface area (TPSA) is 64.0 Å². The summed E-state index contributed by atoms with van der Waals surface area (Å²) in [6.45, 7) is 3.05. The number of aromatic nitrogens is 2. The molecule has 0 aromatic carbocycles. The summed E-state index contributed by atoms with van der Waals surface area (Å²) in [5.41, 5.74) is 2.03. The number of hydrogen-bond donors (Lipinski definition) is 1. The number of hydrogen-bond acceptors (Lipinski definition) is 4. The molecule has 0 atom stereocenters. The molecule has 1 aromatic heterocycles. The maximum Gasteiger partial charge on any atom is 0.148 e. The van der Waals surface area contributed by atoms with Gasteiger partial charge in [0.05, 0.1) is 17.1 Å². The van der Waals surface area contributed by atoms with Crippen LogP contribution in [0, 0.1) is 6.92 Å². The van der Waals surface area contributed by atoms with Gasteiger partial charge in [0.15, 0.2) is 0 Å². The molecular weight excluding hydrogens is 214 g/mol. The molecule has 86 valence electrons. The summed E-state index contributed by atoms with van der Waals surface area (Å²) in [6, 6.07) is 1.98. The van der Waals surface area contributed by atoms with Gasteiger partial charge in [0, 0.05) is 26.4 Å². The van der Waals surface area contributed by atoms with E-state index >= 15 is 0 Å². The van der Waals surface area contributed by atoms with Gasteiger partial charge in [-0.15, -0.1) is 0 Å². The first-order valence-corrected chi connectivity index (χ1v) is 6.82. The van der Waals surface area contributed by atoms with Crippen molar-refractivity contribution in [1.29, 1.82) is 0 Å². The van der Waals surface area contributed by atoms with Crippen LogP contribution in [-0.2, 0) is 23.4 Å². The first-order chi connectivity index (χ1) is 6.88. The van der Waals surface area contributed by atoms with Gasteiger partial charge in [-0.25, -0.2) is 8.42 Å². The van der Waals surface area contributed by atoms with E-state index < -0.39 is 9.84 Å². The van der Waals surface area contributed by atoms with Gasteiger partial charge in [0.25, 0.3) is 0 Å². The average molecular weight is 231 g/mol. The largest absolute Gasteiger partial charge is 0.310 e. The van der Waals surface area contributed by atoms with Crippen molar-refractivity contribution < 1.29 is 8.42 Å². The van der Waals surface area contributed by atoms with Crippen molar-refractivity contribution in [3.8, 4) is 0 Å². The van der Waals surface area contributed by atoms with Crippen LogP contribution in [0.4, 0.5) is 0 Å². The molecule has 0 aliphatic carbocycles. The molecule has 0 aliphatic rings. The normalized spacial score (nSPS) is 11.9.